The molecule has 1 heterocycles. The summed E-state index contributed by atoms with van der Waals surface area (Å²) in [6.07, 6.45) is 5.04. The van der Waals surface area contributed by atoms with E-state index in [0.29, 0.717) is 0 Å². The van der Waals surface area contributed by atoms with Crippen LogP contribution >= 0.6 is 43.5 Å². The first-order valence-electron chi connectivity index (χ1n) is 8.43. The van der Waals surface area contributed by atoms with Crippen LogP contribution in [0.4, 0.5) is 11.4 Å². The van der Waals surface area contributed by atoms with Gasteiger partial charge in [-0.25, -0.2) is 0 Å². The van der Waals surface area contributed by atoms with Crippen molar-refractivity contribution in [1.29, 1.82) is 0 Å². The summed E-state index contributed by atoms with van der Waals surface area (Å²) in [6, 6.07) is 13.2. The van der Waals surface area contributed by atoms with Gasteiger partial charge >= 0.3 is 0 Å². The van der Waals surface area contributed by atoms with Crippen molar-refractivity contribution in [3.8, 4) is 0 Å². The predicted octanol–water partition coefficient (Wildman–Crippen LogP) is 7.61. The van der Waals surface area contributed by atoms with Gasteiger partial charge in [0.1, 0.15) is 0 Å². The second-order valence-electron chi connectivity index (χ2n) is 7.39. The Balaban J connectivity index is 1.98. The van der Waals surface area contributed by atoms with E-state index in [2.05, 4.69) is 87.0 Å². The topological polar surface area (TPSA) is 3.24 Å². The number of rotatable bonds is 1. The van der Waals surface area contributed by atoms with E-state index < -0.39 is 0 Å². The molecule has 0 bridgehead atoms. The molecular formula is C20H20Br2ClN. The molecule has 2 unspecified atom stereocenters. The lowest BCUT2D eigenvalue weighted by Gasteiger charge is -2.50. The monoisotopic (exact) mass is 467 g/mol. The lowest BCUT2D eigenvalue weighted by Crippen LogP contribution is -2.54. The van der Waals surface area contributed by atoms with Crippen LogP contribution in [-0.4, -0.2) is 5.54 Å². The first-order chi connectivity index (χ1) is 11.4. The summed E-state index contributed by atoms with van der Waals surface area (Å²) in [7, 11) is 0. The molecule has 1 nitrogen and oxygen atoms in total. The second kappa shape index (κ2) is 5.75. The standard InChI is InChI=1S/C20H20Br2ClN/c1-19-9-5-6-10-20(19,2)24(17-8-4-3-7-14(17)19)13-11-15(21)18(23)16(22)12-13/h3-4,7-8,11-12H,5-6,9-10H2,1-2H3. The maximum Gasteiger partial charge on any atom is 0.0691 e. The number of hydrogen-bond acceptors (Lipinski definition) is 1. The Morgan fingerprint density at radius 2 is 1.62 bits per heavy atom. The van der Waals surface area contributed by atoms with Gasteiger partial charge in [0.05, 0.1) is 10.6 Å². The van der Waals surface area contributed by atoms with E-state index in [1.165, 1.54) is 42.6 Å². The molecule has 2 aliphatic rings. The van der Waals surface area contributed by atoms with Gasteiger partial charge in [-0.15, -0.1) is 0 Å². The zero-order chi connectivity index (χ0) is 17.1. The molecule has 0 aromatic heterocycles. The van der Waals surface area contributed by atoms with E-state index in [-0.39, 0.29) is 11.0 Å². The quantitative estimate of drug-likeness (QED) is 0.389. The first-order valence-corrected chi connectivity index (χ1v) is 10.4. The van der Waals surface area contributed by atoms with Gasteiger partial charge in [-0.3, -0.25) is 0 Å². The Hall–Kier alpha value is -0.510. The van der Waals surface area contributed by atoms with E-state index in [0.717, 1.165) is 14.0 Å². The molecule has 0 N–H and O–H groups in total. The average Bonchev–Trinajstić information content (AvgIpc) is 2.77. The summed E-state index contributed by atoms with van der Waals surface area (Å²) >= 11 is 13.6. The third-order valence-corrected chi connectivity index (χ3v) is 8.35. The maximum absolute atomic E-state index is 6.34. The van der Waals surface area contributed by atoms with E-state index in [4.69, 9.17) is 11.6 Å². The Labute approximate surface area is 165 Å². The largest absolute Gasteiger partial charge is 0.334 e. The third kappa shape index (κ3) is 2.17. The van der Waals surface area contributed by atoms with Gasteiger partial charge in [-0.1, -0.05) is 49.6 Å². The van der Waals surface area contributed by atoms with Crippen molar-refractivity contribution in [3.05, 3.63) is 55.9 Å². The highest BCUT2D eigenvalue weighted by Gasteiger charge is 2.57. The summed E-state index contributed by atoms with van der Waals surface area (Å²) < 4.78 is 1.86. The van der Waals surface area contributed by atoms with Crippen LogP contribution in [0.1, 0.15) is 45.1 Å². The number of hydrogen-bond donors (Lipinski definition) is 0. The Morgan fingerprint density at radius 3 is 2.33 bits per heavy atom. The van der Waals surface area contributed by atoms with Crippen LogP contribution in [0.2, 0.25) is 5.02 Å². The fourth-order valence-electron chi connectivity index (χ4n) is 4.77. The molecule has 0 amide bonds. The average molecular weight is 470 g/mol. The van der Waals surface area contributed by atoms with Gasteiger partial charge in [0, 0.05) is 25.7 Å². The van der Waals surface area contributed by atoms with Gasteiger partial charge < -0.3 is 4.90 Å². The Bertz CT molecular complexity index is 798. The number of para-hydroxylation sites is 1. The SMILES string of the molecule is CC12CCCCC1(C)N(c1cc(Br)c(Cl)c(Br)c1)c1ccccc12. The number of fused-ring (bicyclic) bond motifs is 3. The number of nitrogens with zero attached hydrogens (tertiary/aromatic N) is 1. The highest BCUT2D eigenvalue weighted by molar-refractivity contribution is 9.11. The van der Waals surface area contributed by atoms with E-state index in [1.54, 1.807) is 0 Å². The van der Waals surface area contributed by atoms with Crippen LogP contribution in [0.25, 0.3) is 0 Å². The lowest BCUT2D eigenvalue weighted by atomic mass is 9.61. The fraction of sp³-hybridized carbons (Fsp3) is 0.400. The van der Waals surface area contributed by atoms with Crippen molar-refractivity contribution < 1.29 is 0 Å². The highest BCUT2D eigenvalue weighted by atomic mass is 79.9. The number of halogens is 3. The molecule has 2 aromatic rings. The molecule has 126 valence electrons. The predicted molar refractivity (Wildman–Crippen MR) is 110 cm³/mol. The molecule has 2 aromatic carbocycles. The molecule has 4 rings (SSSR count). The zero-order valence-electron chi connectivity index (χ0n) is 13.9. The molecule has 0 spiro atoms. The van der Waals surface area contributed by atoms with Gasteiger partial charge in [0.2, 0.25) is 0 Å². The van der Waals surface area contributed by atoms with Crippen LogP contribution in [0.5, 0.6) is 0 Å². The van der Waals surface area contributed by atoms with Crippen LogP contribution in [-0.2, 0) is 5.41 Å². The van der Waals surface area contributed by atoms with Crippen LogP contribution < -0.4 is 4.90 Å². The number of anilines is 2. The Kier molecular flexibility index (Phi) is 4.06. The van der Waals surface area contributed by atoms with Gasteiger partial charge in [-0.2, -0.15) is 0 Å². The van der Waals surface area contributed by atoms with Gasteiger partial charge in [0.25, 0.3) is 0 Å². The van der Waals surface area contributed by atoms with Crippen molar-refractivity contribution in [2.24, 2.45) is 0 Å². The summed E-state index contributed by atoms with van der Waals surface area (Å²) in [6.45, 7) is 4.88. The van der Waals surface area contributed by atoms with Crippen LogP contribution in [0.15, 0.2) is 45.3 Å². The molecule has 24 heavy (non-hydrogen) atoms. The maximum atomic E-state index is 6.34. The molecular weight excluding hydrogens is 449 g/mol. The van der Waals surface area contributed by atoms with Crippen molar-refractivity contribution in [3.63, 3.8) is 0 Å². The van der Waals surface area contributed by atoms with Crippen molar-refractivity contribution in [2.45, 2.75) is 50.5 Å². The third-order valence-electron chi connectivity index (χ3n) is 6.24. The molecule has 1 aliphatic heterocycles. The first kappa shape index (κ1) is 16.9. The van der Waals surface area contributed by atoms with Crippen LogP contribution in [0.3, 0.4) is 0 Å². The molecule has 0 saturated heterocycles. The number of benzene rings is 2. The molecule has 2 atom stereocenters. The molecule has 4 heteroatoms. The molecule has 1 aliphatic carbocycles. The van der Waals surface area contributed by atoms with Crippen molar-refractivity contribution in [1.82, 2.24) is 0 Å². The summed E-state index contributed by atoms with van der Waals surface area (Å²) in [5.41, 5.74) is 4.28. The minimum Gasteiger partial charge on any atom is -0.334 e. The smallest absolute Gasteiger partial charge is 0.0691 e. The second-order valence-corrected chi connectivity index (χ2v) is 9.48. The molecule has 1 saturated carbocycles. The van der Waals surface area contributed by atoms with Gasteiger partial charge in [0.15, 0.2) is 0 Å². The summed E-state index contributed by atoms with van der Waals surface area (Å²) in [5.74, 6) is 0. The van der Waals surface area contributed by atoms with E-state index in [9.17, 15) is 0 Å². The van der Waals surface area contributed by atoms with Crippen molar-refractivity contribution in [2.75, 3.05) is 4.90 Å². The minimum absolute atomic E-state index is 0.0850. The zero-order valence-corrected chi connectivity index (χ0v) is 17.8. The van der Waals surface area contributed by atoms with E-state index in [1.807, 2.05) is 0 Å². The van der Waals surface area contributed by atoms with Gasteiger partial charge in [-0.05, 0) is 75.4 Å². The van der Waals surface area contributed by atoms with E-state index >= 15 is 0 Å². The summed E-state index contributed by atoms with van der Waals surface area (Å²) in [5, 5.41) is 0.725. The summed E-state index contributed by atoms with van der Waals surface area (Å²) in [4.78, 5) is 2.55. The Morgan fingerprint density at radius 1 is 1.00 bits per heavy atom. The molecule has 1 fully saturated rings. The van der Waals surface area contributed by atoms with Crippen LogP contribution in [0, 0.1) is 0 Å². The van der Waals surface area contributed by atoms with Crippen molar-refractivity contribution >= 4 is 54.8 Å². The minimum atomic E-state index is 0.0850. The lowest BCUT2D eigenvalue weighted by molar-refractivity contribution is 0.195. The highest BCUT2D eigenvalue weighted by Crippen LogP contribution is 2.61. The normalized spacial score (nSPS) is 28.6. The fourth-order valence-corrected chi connectivity index (χ4v) is 6.04. The molecule has 0 radical (unpaired) electrons.